The normalized spacial score (nSPS) is 11.1. The third-order valence-corrected chi connectivity index (χ3v) is 4.81. The summed E-state index contributed by atoms with van der Waals surface area (Å²) in [4.78, 5) is 22.1. The minimum Gasteiger partial charge on any atom is -0.325 e. The number of nitrogens with two attached hydrogens (primary N) is 1. The summed E-state index contributed by atoms with van der Waals surface area (Å²) in [6, 6.07) is 8.37. The second-order valence-electron chi connectivity index (χ2n) is 4.81. The van der Waals surface area contributed by atoms with Crippen LogP contribution in [0.5, 0.6) is 0 Å². The molecule has 2 aromatic rings. The second-order valence-corrected chi connectivity index (χ2v) is 7.42. The van der Waals surface area contributed by atoms with Crippen molar-refractivity contribution in [2.24, 2.45) is 5.14 Å². The molecule has 0 atom stereocenters. The van der Waals surface area contributed by atoms with E-state index in [0.29, 0.717) is 4.90 Å². The maximum absolute atomic E-state index is 13.4. The molecule has 0 bridgehead atoms. The van der Waals surface area contributed by atoms with E-state index in [2.05, 4.69) is 5.32 Å². The molecule has 0 unspecified atom stereocenters. The Balaban J connectivity index is 2.01. The van der Waals surface area contributed by atoms with E-state index in [4.69, 9.17) is 5.14 Å². The van der Waals surface area contributed by atoms with Crippen LogP contribution in [-0.4, -0.2) is 25.0 Å². The Hall–Kier alpha value is -2.50. The average Bonchev–Trinajstić information content (AvgIpc) is 2.52. The first kappa shape index (κ1) is 18.8. The lowest BCUT2D eigenvalue weighted by atomic mass is 10.3. The van der Waals surface area contributed by atoms with E-state index in [1.54, 1.807) is 0 Å². The molecule has 2 aromatic carbocycles. The van der Waals surface area contributed by atoms with E-state index < -0.39 is 31.6 Å². The first-order chi connectivity index (χ1) is 11.6. The number of nitrogens with one attached hydrogen (secondary N) is 1. The van der Waals surface area contributed by atoms with Gasteiger partial charge in [-0.3, -0.25) is 14.9 Å². The molecule has 132 valence electrons. The van der Waals surface area contributed by atoms with Gasteiger partial charge in [-0.15, -0.1) is 11.8 Å². The monoisotopic (exact) mass is 385 g/mol. The third-order valence-electron chi connectivity index (χ3n) is 2.90. The van der Waals surface area contributed by atoms with Crippen LogP contribution in [-0.2, 0) is 14.8 Å². The van der Waals surface area contributed by atoms with Crippen LogP contribution in [0.2, 0.25) is 0 Å². The molecule has 0 aliphatic carbocycles. The lowest BCUT2D eigenvalue weighted by molar-refractivity contribution is -0.384. The number of halogens is 1. The van der Waals surface area contributed by atoms with Crippen LogP contribution in [0.1, 0.15) is 0 Å². The van der Waals surface area contributed by atoms with Crippen molar-refractivity contribution in [1.82, 2.24) is 0 Å². The number of hydrogen-bond donors (Lipinski definition) is 2. The highest BCUT2D eigenvalue weighted by molar-refractivity contribution is 8.00. The average molecular weight is 385 g/mol. The molecule has 0 radical (unpaired) electrons. The van der Waals surface area contributed by atoms with Gasteiger partial charge in [-0.05, 0) is 30.3 Å². The molecule has 3 N–H and O–H groups in total. The fraction of sp³-hybridized carbons (Fsp3) is 0.0714. The van der Waals surface area contributed by atoms with Gasteiger partial charge in [0.1, 0.15) is 5.82 Å². The number of rotatable bonds is 6. The van der Waals surface area contributed by atoms with Gasteiger partial charge >= 0.3 is 0 Å². The van der Waals surface area contributed by atoms with E-state index in [1.165, 1.54) is 24.3 Å². The van der Waals surface area contributed by atoms with Gasteiger partial charge in [0.2, 0.25) is 15.9 Å². The summed E-state index contributed by atoms with van der Waals surface area (Å²) >= 11 is 1.11. The van der Waals surface area contributed by atoms with Crippen LogP contribution >= 0.6 is 11.8 Å². The zero-order chi connectivity index (χ0) is 18.6. The predicted octanol–water partition coefficient (Wildman–Crippen LogP) is 2.11. The summed E-state index contributed by atoms with van der Waals surface area (Å²) in [5.74, 6) is -1.42. The van der Waals surface area contributed by atoms with E-state index in [9.17, 15) is 27.7 Å². The molecule has 0 aromatic heterocycles. The highest BCUT2D eigenvalue weighted by Crippen LogP contribution is 2.22. The van der Waals surface area contributed by atoms with Crippen molar-refractivity contribution >= 4 is 39.1 Å². The van der Waals surface area contributed by atoms with Crippen LogP contribution in [0.25, 0.3) is 0 Å². The summed E-state index contributed by atoms with van der Waals surface area (Å²) in [6.07, 6.45) is 0. The van der Waals surface area contributed by atoms with Gasteiger partial charge in [0.25, 0.3) is 5.69 Å². The van der Waals surface area contributed by atoms with Crippen LogP contribution in [0.3, 0.4) is 0 Å². The molecule has 0 saturated heterocycles. The van der Waals surface area contributed by atoms with Gasteiger partial charge in [-0.2, -0.15) is 0 Å². The Morgan fingerprint density at radius 1 is 1.24 bits per heavy atom. The van der Waals surface area contributed by atoms with Gasteiger partial charge in [0.15, 0.2) is 0 Å². The molecule has 0 aliphatic heterocycles. The molecule has 0 heterocycles. The Morgan fingerprint density at radius 3 is 2.44 bits per heavy atom. The van der Waals surface area contributed by atoms with Gasteiger partial charge in [0.05, 0.1) is 15.6 Å². The fourth-order valence-corrected chi connectivity index (χ4v) is 3.08. The Morgan fingerprint density at radius 2 is 1.88 bits per heavy atom. The highest BCUT2D eigenvalue weighted by Gasteiger charge is 2.13. The van der Waals surface area contributed by atoms with Crippen LogP contribution in [0.15, 0.2) is 52.3 Å². The van der Waals surface area contributed by atoms with Crippen molar-refractivity contribution in [3.8, 4) is 0 Å². The number of sulfonamides is 1. The number of thioether (sulfide) groups is 1. The maximum atomic E-state index is 13.4. The summed E-state index contributed by atoms with van der Waals surface area (Å²) in [5.41, 5.74) is -0.109. The molecular formula is C14H12FN3O5S2. The minimum atomic E-state index is -4.10. The number of benzene rings is 2. The van der Waals surface area contributed by atoms with E-state index in [1.807, 2.05) is 0 Å². The maximum Gasteiger partial charge on any atom is 0.269 e. The smallest absolute Gasteiger partial charge is 0.269 e. The molecule has 0 fully saturated rings. The minimum absolute atomic E-state index is 0.0432. The molecule has 0 spiro atoms. The number of nitro groups is 1. The SMILES string of the molecule is NS(=O)(=O)c1cc(F)cc(NC(=O)CSc2ccc([N+](=O)[O-])cc2)c1. The molecule has 2 rings (SSSR count). The number of hydrogen-bond acceptors (Lipinski definition) is 6. The number of anilines is 1. The number of nitrogens with zero attached hydrogens (tertiary/aromatic N) is 1. The number of carbonyl (C=O) groups excluding carboxylic acids is 1. The topological polar surface area (TPSA) is 132 Å². The second kappa shape index (κ2) is 7.59. The first-order valence-corrected chi connectivity index (χ1v) is 9.19. The molecule has 8 nitrogen and oxygen atoms in total. The lowest BCUT2D eigenvalue weighted by Crippen LogP contribution is -2.16. The number of carbonyl (C=O) groups is 1. The van der Waals surface area contributed by atoms with Gasteiger partial charge in [-0.1, -0.05) is 0 Å². The highest BCUT2D eigenvalue weighted by atomic mass is 32.2. The molecule has 0 saturated carbocycles. The summed E-state index contributed by atoms with van der Waals surface area (Å²) in [6.45, 7) is 0. The van der Waals surface area contributed by atoms with Crippen molar-refractivity contribution in [1.29, 1.82) is 0 Å². The van der Waals surface area contributed by atoms with Crippen molar-refractivity contribution in [3.05, 3.63) is 58.4 Å². The number of amides is 1. The molecule has 25 heavy (non-hydrogen) atoms. The zero-order valence-electron chi connectivity index (χ0n) is 12.5. The van der Waals surface area contributed by atoms with E-state index >= 15 is 0 Å². The number of primary sulfonamides is 1. The Labute approximate surface area is 146 Å². The zero-order valence-corrected chi connectivity index (χ0v) is 14.1. The number of non-ortho nitro benzene ring substituents is 1. The fourth-order valence-electron chi connectivity index (χ4n) is 1.81. The van der Waals surface area contributed by atoms with Crippen molar-refractivity contribution in [2.75, 3.05) is 11.1 Å². The predicted molar refractivity (Wildman–Crippen MR) is 90.2 cm³/mol. The van der Waals surface area contributed by atoms with Crippen LogP contribution in [0.4, 0.5) is 15.8 Å². The standard InChI is InChI=1S/C14H12FN3O5S2/c15-9-5-10(7-13(6-9)25(16,22)23)17-14(19)8-24-12-3-1-11(2-4-12)18(20)21/h1-7H,8H2,(H,17,19)(H2,16,22,23). The van der Waals surface area contributed by atoms with Gasteiger partial charge < -0.3 is 5.32 Å². The quantitative estimate of drug-likeness (QED) is 0.445. The van der Waals surface area contributed by atoms with Crippen molar-refractivity contribution < 1.29 is 22.5 Å². The molecule has 11 heteroatoms. The molecule has 0 aliphatic rings. The summed E-state index contributed by atoms with van der Waals surface area (Å²) < 4.78 is 35.9. The summed E-state index contributed by atoms with van der Waals surface area (Å²) in [5, 5.41) is 17.9. The van der Waals surface area contributed by atoms with E-state index in [0.717, 1.165) is 30.0 Å². The molecular weight excluding hydrogens is 373 g/mol. The Kier molecular flexibility index (Phi) is 5.72. The number of nitro benzene ring substituents is 1. The van der Waals surface area contributed by atoms with Gasteiger partial charge in [-0.25, -0.2) is 17.9 Å². The Bertz CT molecular complexity index is 917. The van der Waals surface area contributed by atoms with Crippen LogP contribution in [0, 0.1) is 15.9 Å². The van der Waals surface area contributed by atoms with Crippen LogP contribution < -0.4 is 10.5 Å². The summed E-state index contributed by atoms with van der Waals surface area (Å²) in [7, 11) is -4.10. The van der Waals surface area contributed by atoms with E-state index in [-0.39, 0.29) is 17.1 Å². The lowest BCUT2D eigenvalue weighted by Gasteiger charge is -2.07. The van der Waals surface area contributed by atoms with Crippen molar-refractivity contribution in [2.45, 2.75) is 9.79 Å². The molecule has 1 amide bonds. The van der Waals surface area contributed by atoms with Gasteiger partial charge in [0, 0.05) is 22.7 Å². The third kappa shape index (κ3) is 5.52. The first-order valence-electron chi connectivity index (χ1n) is 6.65. The largest absolute Gasteiger partial charge is 0.325 e. The van der Waals surface area contributed by atoms with Crippen molar-refractivity contribution in [3.63, 3.8) is 0 Å².